The molecule has 3 atom stereocenters. The Morgan fingerprint density at radius 2 is 2.22 bits per heavy atom. The summed E-state index contributed by atoms with van der Waals surface area (Å²) < 4.78 is 6.06. The molecule has 1 aliphatic rings. The molecule has 0 amide bonds. The number of nitrogens with one attached hydrogen (secondary N) is 1. The first-order valence-electron chi connectivity index (χ1n) is 7.07. The summed E-state index contributed by atoms with van der Waals surface area (Å²) >= 11 is 0. The van der Waals surface area contributed by atoms with Gasteiger partial charge in [-0.3, -0.25) is 0 Å². The van der Waals surface area contributed by atoms with Gasteiger partial charge in [-0.2, -0.15) is 0 Å². The van der Waals surface area contributed by atoms with E-state index in [-0.39, 0.29) is 0 Å². The summed E-state index contributed by atoms with van der Waals surface area (Å²) in [5.74, 6) is 1.79. The molecule has 2 nitrogen and oxygen atoms in total. The van der Waals surface area contributed by atoms with E-state index in [0.29, 0.717) is 18.1 Å². The molecule has 3 unspecified atom stereocenters. The third kappa shape index (κ3) is 2.86. The van der Waals surface area contributed by atoms with Gasteiger partial charge < -0.3 is 10.1 Å². The van der Waals surface area contributed by atoms with Gasteiger partial charge >= 0.3 is 0 Å². The molecule has 2 heteroatoms. The van der Waals surface area contributed by atoms with E-state index in [1.165, 1.54) is 17.5 Å². The van der Waals surface area contributed by atoms with Crippen molar-refractivity contribution in [3.63, 3.8) is 0 Å². The predicted octanol–water partition coefficient (Wildman–Crippen LogP) is 3.32. The van der Waals surface area contributed by atoms with E-state index in [0.717, 1.165) is 18.6 Å². The molecule has 1 heterocycles. The van der Waals surface area contributed by atoms with E-state index in [4.69, 9.17) is 4.74 Å². The van der Waals surface area contributed by atoms with Gasteiger partial charge in [-0.05, 0) is 44.9 Å². The van der Waals surface area contributed by atoms with Crippen LogP contribution in [0.5, 0.6) is 5.75 Å². The van der Waals surface area contributed by atoms with Gasteiger partial charge in [0.25, 0.3) is 0 Å². The van der Waals surface area contributed by atoms with E-state index in [9.17, 15) is 0 Å². The predicted molar refractivity (Wildman–Crippen MR) is 76.2 cm³/mol. The first-order chi connectivity index (χ1) is 8.63. The third-order valence-corrected chi connectivity index (χ3v) is 4.21. The minimum atomic E-state index is 0.363. The van der Waals surface area contributed by atoms with Crippen molar-refractivity contribution in [1.82, 2.24) is 5.32 Å². The SMILES string of the molecule is CCC(CC1Cc2cc(C)ccc2O1)C(C)NC. The maximum atomic E-state index is 6.06. The molecule has 0 saturated carbocycles. The van der Waals surface area contributed by atoms with Gasteiger partial charge in [0.05, 0.1) is 0 Å². The minimum absolute atomic E-state index is 0.363. The second-order valence-electron chi connectivity index (χ2n) is 5.54. The van der Waals surface area contributed by atoms with Crippen LogP contribution in [0, 0.1) is 12.8 Å². The number of rotatable bonds is 5. The number of fused-ring (bicyclic) bond motifs is 1. The molecule has 0 aliphatic carbocycles. The highest BCUT2D eigenvalue weighted by molar-refractivity contribution is 5.40. The van der Waals surface area contributed by atoms with E-state index >= 15 is 0 Å². The van der Waals surface area contributed by atoms with Gasteiger partial charge in [0, 0.05) is 12.5 Å². The van der Waals surface area contributed by atoms with Gasteiger partial charge in [-0.25, -0.2) is 0 Å². The molecular weight excluding hydrogens is 222 g/mol. The molecule has 1 aliphatic heterocycles. The lowest BCUT2D eigenvalue weighted by Crippen LogP contribution is -2.33. The number of benzene rings is 1. The quantitative estimate of drug-likeness (QED) is 0.862. The Labute approximate surface area is 111 Å². The summed E-state index contributed by atoms with van der Waals surface area (Å²) in [5, 5.41) is 3.36. The van der Waals surface area contributed by atoms with Crippen molar-refractivity contribution in [2.24, 2.45) is 5.92 Å². The zero-order valence-corrected chi connectivity index (χ0v) is 12.0. The van der Waals surface area contributed by atoms with E-state index < -0.39 is 0 Å². The molecule has 1 N–H and O–H groups in total. The van der Waals surface area contributed by atoms with Gasteiger partial charge in [-0.1, -0.05) is 31.0 Å². The lowest BCUT2D eigenvalue weighted by Gasteiger charge is -2.24. The van der Waals surface area contributed by atoms with Crippen molar-refractivity contribution >= 4 is 0 Å². The van der Waals surface area contributed by atoms with Crippen LogP contribution in [0.2, 0.25) is 0 Å². The molecule has 1 aromatic carbocycles. The Morgan fingerprint density at radius 1 is 1.44 bits per heavy atom. The fraction of sp³-hybridized carbons (Fsp3) is 0.625. The van der Waals surface area contributed by atoms with Gasteiger partial charge in [0.2, 0.25) is 0 Å². The van der Waals surface area contributed by atoms with Crippen LogP contribution in [0.4, 0.5) is 0 Å². The normalized spacial score (nSPS) is 21.2. The summed E-state index contributed by atoms with van der Waals surface area (Å²) in [7, 11) is 2.04. The average Bonchev–Trinajstić information content (AvgIpc) is 2.76. The summed E-state index contributed by atoms with van der Waals surface area (Å²) in [4.78, 5) is 0. The summed E-state index contributed by atoms with van der Waals surface area (Å²) in [6, 6.07) is 7.07. The molecule has 2 rings (SSSR count). The molecule has 0 aromatic heterocycles. The zero-order chi connectivity index (χ0) is 13.1. The van der Waals surface area contributed by atoms with Crippen LogP contribution >= 0.6 is 0 Å². The van der Waals surface area contributed by atoms with Gasteiger partial charge in [0.15, 0.2) is 0 Å². The Bertz CT molecular complexity index is 402. The van der Waals surface area contributed by atoms with Crippen LogP contribution < -0.4 is 10.1 Å². The topological polar surface area (TPSA) is 21.3 Å². The average molecular weight is 247 g/mol. The fourth-order valence-electron chi connectivity index (χ4n) is 2.88. The monoisotopic (exact) mass is 247 g/mol. The maximum absolute atomic E-state index is 6.06. The summed E-state index contributed by atoms with van der Waals surface area (Å²) in [6.45, 7) is 6.68. The number of hydrogen-bond donors (Lipinski definition) is 1. The van der Waals surface area contributed by atoms with Crippen molar-refractivity contribution in [3.05, 3.63) is 29.3 Å². The van der Waals surface area contributed by atoms with Crippen LogP contribution in [0.1, 0.15) is 37.8 Å². The Morgan fingerprint density at radius 3 is 2.89 bits per heavy atom. The standard InChI is InChI=1S/C16H25NO/c1-5-13(12(3)17-4)9-15-10-14-8-11(2)6-7-16(14)18-15/h6-8,12-13,15,17H,5,9-10H2,1-4H3. The molecule has 0 bridgehead atoms. The molecule has 18 heavy (non-hydrogen) atoms. The first-order valence-corrected chi connectivity index (χ1v) is 7.07. The van der Waals surface area contributed by atoms with Crippen molar-refractivity contribution in [2.45, 2.75) is 52.2 Å². The van der Waals surface area contributed by atoms with Crippen LogP contribution in [0.3, 0.4) is 0 Å². The highest BCUT2D eigenvalue weighted by atomic mass is 16.5. The fourth-order valence-corrected chi connectivity index (χ4v) is 2.88. The Kier molecular flexibility index (Phi) is 4.28. The molecule has 0 fully saturated rings. The van der Waals surface area contributed by atoms with Gasteiger partial charge in [-0.15, -0.1) is 0 Å². The largest absolute Gasteiger partial charge is 0.490 e. The maximum Gasteiger partial charge on any atom is 0.123 e. The lowest BCUT2D eigenvalue weighted by molar-refractivity contribution is 0.177. The molecule has 0 radical (unpaired) electrons. The highest BCUT2D eigenvalue weighted by Gasteiger charge is 2.27. The number of ether oxygens (including phenoxy) is 1. The van der Waals surface area contributed by atoms with Crippen molar-refractivity contribution in [3.8, 4) is 5.75 Å². The molecule has 100 valence electrons. The van der Waals surface area contributed by atoms with E-state index in [1.54, 1.807) is 0 Å². The molecule has 1 aromatic rings. The van der Waals surface area contributed by atoms with Crippen LogP contribution in [-0.4, -0.2) is 19.2 Å². The van der Waals surface area contributed by atoms with E-state index in [1.807, 2.05) is 7.05 Å². The lowest BCUT2D eigenvalue weighted by atomic mass is 9.90. The van der Waals surface area contributed by atoms with Crippen LogP contribution in [0.25, 0.3) is 0 Å². The zero-order valence-electron chi connectivity index (χ0n) is 12.0. The van der Waals surface area contributed by atoms with E-state index in [2.05, 4.69) is 44.3 Å². The van der Waals surface area contributed by atoms with Crippen molar-refractivity contribution in [2.75, 3.05) is 7.05 Å². The first kappa shape index (κ1) is 13.4. The number of aryl methyl sites for hydroxylation is 1. The molecule has 0 saturated heterocycles. The van der Waals surface area contributed by atoms with Crippen molar-refractivity contribution < 1.29 is 4.74 Å². The Hall–Kier alpha value is -1.02. The molecule has 0 spiro atoms. The third-order valence-electron chi connectivity index (χ3n) is 4.21. The highest BCUT2D eigenvalue weighted by Crippen LogP contribution is 2.32. The van der Waals surface area contributed by atoms with Gasteiger partial charge in [0.1, 0.15) is 11.9 Å². The smallest absolute Gasteiger partial charge is 0.123 e. The van der Waals surface area contributed by atoms with Crippen molar-refractivity contribution in [1.29, 1.82) is 0 Å². The summed E-state index contributed by atoms with van der Waals surface area (Å²) in [6.07, 6.45) is 3.79. The second-order valence-corrected chi connectivity index (χ2v) is 5.54. The number of hydrogen-bond acceptors (Lipinski definition) is 2. The summed E-state index contributed by atoms with van der Waals surface area (Å²) in [5.41, 5.74) is 2.71. The molecular formula is C16H25NO. The second kappa shape index (κ2) is 5.75. The Balaban J connectivity index is 1.98. The van der Waals surface area contributed by atoms with Crippen LogP contribution in [0.15, 0.2) is 18.2 Å². The minimum Gasteiger partial charge on any atom is -0.490 e. The van der Waals surface area contributed by atoms with Crippen LogP contribution in [-0.2, 0) is 6.42 Å².